The van der Waals surface area contributed by atoms with Crippen LogP contribution in [-0.4, -0.2) is 24.3 Å². The summed E-state index contributed by atoms with van der Waals surface area (Å²) >= 11 is 0. The van der Waals surface area contributed by atoms with Crippen molar-refractivity contribution in [3.8, 4) is 0 Å². The van der Waals surface area contributed by atoms with Crippen molar-refractivity contribution in [2.75, 3.05) is 7.11 Å². The molecule has 6 nitrogen and oxygen atoms in total. The Morgan fingerprint density at radius 3 is 2.52 bits per heavy atom. The summed E-state index contributed by atoms with van der Waals surface area (Å²) in [6.45, 7) is 2.13. The monoisotopic (exact) mass is 370 g/mol. The van der Waals surface area contributed by atoms with E-state index in [9.17, 15) is 14.8 Å². The van der Waals surface area contributed by atoms with Crippen LogP contribution in [0.5, 0.6) is 0 Å². The van der Waals surface area contributed by atoms with Gasteiger partial charge in [-0.2, -0.15) is 4.89 Å². The van der Waals surface area contributed by atoms with Crippen molar-refractivity contribution in [3.63, 3.8) is 0 Å². The van der Waals surface area contributed by atoms with Crippen LogP contribution in [0.2, 0.25) is 0 Å². The average molecular weight is 370 g/mol. The summed E-state index contributed by atoms with van der Waals surface area (Å²) in [5, 5.41) is 9.76. The molecule has 6 heteroatoms. The smallest absolute Gasteiger partial charge is 0.438 e. The third kappa shape index (κ3) is 3.34. The summed E-state index contributed by atoms with van der Waals surface area (Å²) in [5.74, 6) is -2.17. The van der Waals surface area contributed by atoms with Crippen LogP contribution in [0.15, 0.2) is 42.5 Å². The van der Waals surface area contributed by atoms with Crippen LogP contribution in [0.25, 0.3) is 0 Å². The highest BCUT2D eigenvalue weighted by atomic mass is 17.2. The molecule has 0 fully saturated rings. The Bertz CT molecular complexity index is 860. The molecule has 2 aromatic rings. The van der Waals surface area contributed by atoms with E-state index in [2.05, 4.69) is 11.7 Å². The molecule has 0 saturated carbocycles. The highest BCUT2D eigenvalue weighted by Crippen LogP contribution is 2.43. The first-order valence-electron chi connectivity index (χ1n) is 8.94. The SMILES string of the molecule is CCCCCc1ccc2c(c1)C(=O)c1ccccc1C2(OO)OC(=O)OC. The van der Waals surface area contributed by atoms with Gasteiger partial charge in [0.05, 0.1) is 7.11 Å². The number of unbranched alkanes of at least 4 members (excludes halogenated alkanes) is 2. The number of fused-ring (bicyclic) bond motifs is 2. The fraction of sp³-hybridized carbons (Fsp3) is 0.333. The van der Waals surface area contributed by atoms with Gasteiger partial charge in [-0.05, 0) is 24.5 Å². The standard InChI is InChI=1S/C21H22O6/c1-3-4-5-8-14-11-12-18-16(13-14)19(22)15-9-6-7-10-17(15)21(18,27-24)26-20(23)25-2/h6-7,9-13,24H,3-5,8H2,1-2H3. The molecule has 142 valence electrons. The Morgan fingerprint density at radius 1 is 1.07 bits per heavy atom. The highest BCUT2D eigenvalue weighted by Gasteiger charge is 2.49. The molecule has 0 amide bonds. The van der Waals surface area contributed by atoms with Gasteiger partial charge in [-0.15, -0.1) is 0 Å². The van der Waals surface area contributed by atoms with Gasteiger partial charge in [-0.25, -0.2) is 10.1 Å². The first-order valence-corrected chi connectivity index (χ1v) is 8.94. The molecule has 0 saturated heterocycles. The molecule has 0 aliphatic heterocycles. The summed E-state index contributed by atoms with van der Waals surface area (Å²) < 4.78 is 9.92. The molecule has 1 unspecified atom stereocenters. The van der Waals surface area contributed by atoms with Gasteiger partial charge in [0, 0.05) is 22.3 Å². The second-order valence-electron chi connectivity index (χ2n) is 6.48. The molecular formula is C21H22O6. The van der Waals surface area contributed by atoms with E-state index in [0.717, 1.165) is 38.4 Å². The maximum Gasteiger partial charge on any atom is 0.511 e. The lowest BCUT2D eigenvalue weighted by Crippen LogP contribution is -2.41. The van der Waals surface area contributed by atoms with Crippen molar-refractivity contribution in [3.05, 3.63) is 70.3 Å². The molecule has 3 rings (SSSR count). The Labute approximate surface area is 157 Å². The summed E-state index contributed by atoms with van der Waals surface area (Å²) in [7, 11) is 1.16. The van der Waals surface area contributed by atoms with Crippen molar-refractivity contribution < 1.29 is 29.2 Å². The van der Waals surface area contributed by atoms with Crippen LogP contribution in [0.1, 0.15) is 58.8 Å². The maximum absolute atomic E-state index is 13.0. The molecular weight excluding hydrogens is 348 g/mol. The summed E-state index contributed by atoms with van der Waals surface area (Å²) in [5.41, 5.74) is 2.14. The number of carbonyl (C=O) groups excluding carboxylic acids is 2. The lowest BCUT2D eigenvalue weighted by molar-refractivity contribution is -0.383. The molecule has 0 heterocycles. The van der Waals surface area contributed by atoms with E-state index in [1.807, 2.05) is 6.07 Å². The van der Waals surface area contributed by atoms with Crippen LogP contribution in [-0.2, 0) is 26.6 Å². The molecule has 0 aromatic heterocycles. The Hall–Kier alpha value is -2.70. The van der Waals surface area contributed by atoms with Crippen LogP contribution in [0.3, 0.4) is 0 Å². The summed E-state index contributed by atoms with van der Waals surface area (Å²) in [6, 6.07) is 11.8. The fourth-order valence-electron chi connectivity index (χ4n) is 3.45. The van der Waals surface area contributed by atoms with E-state index in [4.69, 9.17) is 9.62 Å². The number of aryl methyl sites for hydroxylation is 1. The van der Waals surface area contributed by atoms with Crippen LogP contribution in [0.4, 0.5) is 4.79 Å². The van der Waals surface area contributed by atoms with Gasteiger partial charge in [0.25, 0.3) is 0 Å². The second-order valence-corrected chi connectivity index (χ2v) is 6.48. The predicted molar refractivity (Wildman–Crippen MR) is 97.5 cm³/mol. The van der Waals surface area contributed by atoms with E-state index < -0.39 is 11.9 Å². The topological polar surface area (TPSA) is 82.1 Å². The summed E-state index contributed by atoms with van der Waals surface area (Å²) in [6.07, 6.45) is 3.02. The van der Waals surface area contributed by atoms with Crippen LogP contribution >= 0.6 is 0 Å². The molecule has 27 heavy (non-hydrogen) atoms. The largest absolute Gasteiger partial charge is 0.511 e. The number of ketones is 1. The van der Waals surface area contributed by atoms with Gasteiger partial charge in [-0.3, -0.25) is 4.79 Å². The van der Waals surface area contributed by atoms with Crippen molar-refractivity contribution in [2.45, 2.75) is 38.4 Å². The normalized spacial score (nSPS) is 17.8. The number of methoxy groups -OCH3 is 1. The predicted octanol–water partition coefficient (Wildman–Crippen LogP) is 4.44. The first-order chi connectivity index (χ1) is 13.1. The zero-order valence-electron chi connectivity index (χ0n) is 15.4. The quantitative estimate of drug-likeness (QED) is 0.266. The fourth-order valence-corrected chi connectivity index (χ4v) is 3.45. The van der Waals surface area contributed by atoms with Crippen molar-refractivity contribution in [1.82, 2.24) is 0 Å². The van der Waals surface area contributed by atoms with E-state index in [1.165, 1.54) is 0 Å². The molecule has 0 radical (unpaired) electrons. The lowest BCUT2D eigenvalue weighted by Gasteiger charge is -2.35. The van der Waals surface area contributed by atoms with Gasteiger partial charge < -0.3 is 9.47 Å². The number of rotatable bonds is 6. The first kappa shape index (κ1) is 19.1. The average Bonchev–Trinajstić information content (AvgIpc) is 2.71. The van der Waals surface area contributed by atoms with Crippen molar-refractivity contribution in [1.29, 1.82) is 0 Å². The second kappa shape index (κ2) is 7.90. The van der Waals surface area contributed by atoms with Crippen molar-refractivity contribution in [2.24, 2.45) is 0 Å². The van der Waals surface area contributed by atoms with E-state index in [1.54, 1.807) is 36.4 Å². The third-order valence-corrected chi connectivity index (χ3v) is 4.80. The van der Waals surface area contributed by atoms with Gasteiger partial charge in [0.2, 0.25) is 0 Å². The molecule has 1 aliphatic rings. The highest BCUT2D eigenvalue weighted by molar-refractivity contribution is 6.13. The molecule has 0 bridgehead atoms. The number of hydrogen-bond acceptors (Lipinski definition) is 6. The molecule has 1 N–H and O–H groups in total. The lowest BCUT2D eigenvalue weighted by atomic mass is 9.79. The van der Waals surface area contributed by atoms with E-state index in [0.29, 0.717) is 11.1 Å². The van der Waals surface area contributed by atoms with Gasteiger partial charge in [-0.1, -0.05) is 56.2 Å². The molecule has 0 spiro atoms. The van der Waals surface area contributed by atoms with Crippen molar-refractivity contribution >= 4 is 11.9 Å². The Kier molecular flexibility index (Phi) is 5.58. The van der Waals surface area contributed by atoms with E-state index >= 15 is 0 Å². The number of benzene rings is 2. The Balaban J connectivity index is 2.14. The van der Waals surface area contributed by atoms with Gasteiger partial charge in [0.15, 0.2) is 5.78 Å². The van der Waals surface area contributed by atoms with Crippen LogP contribution in [0, 0.1) is 0 Å². The van der Waals surface area contributed by atoms with Gasteiger partial charge >= 0.3 is 11.9 Å². The number of ether oxygens (including phenoxy) is 2. The number of hydrogen-bond donors (Lipinski definition) is 1. The molecule has 1 aliphatic carbocycles. The number of carbonyl (C=O) groups is 2. The zero-order valence-corrected chi connectivity index (χ0v) is 15.4. The zero-order chi connectivity index (χ0) is 19.4. The minimum Gasteiger partial charge on any atom is -0.438 e. The minimum atomic E-state index is -1.96. The Morgan fingerprint density at radius 2 is 1.81 bits per heavy atom. The van der Waals surface area contributed by atoms with E-state index in [-0.39, 0.29) is 16.9 Å². The third-order valence-electron chi connectivity index (χ3n) is 4.80. The molecule has 1 atom stereocenters. The van der Waals surface area contributed by atoms with Gasteiger partial charge in [0.1, 0.15) is 0 Å². The maximum atomic E-state index is 13.0. The summed E-state index contributed by atoms with van der Waals surface area (Å²) in [4.78, 5) is 29.6. The molecule has 2 aromatic carbocycles. The van der Waals surface area contributed by atoms with Crippen LogP contribution < -0.4 is 0 Å². The minimum absolute atomic E-state index is 0.209.